The predicted octanol–water partition coefficient (Wildman–Crippen LogP) is 1.53. The molecule has 0 radical (unpaired) electrons. The Morgan fingerprint density at radius 3 is 2.12 bits per heavy atom. The van der Waals surface area contributed by atoms with Crippen molar-refractivity contribution in [3.05, 3.63) is 4.91 Å². The predicted molar refractivity (Wildman–Crippen MR) is 31.5 cm³/mol. The molecule has 0 aromatic heterocycles. The molecule has 0 saturated carbocycles. The summed E-state index contributed by atoms with van der Waals surface area (Å²) in [5.74, 6) is 0. The normalized spacial score (nSPS) is 11.4. The minimum atomic E-state index is -0.242. The van der Waals surface area contributed by atoms with Crippen molar-refractivity contribution in [3.63, 3.8) is 0 Å². The summed E-state index contributed by atoms with van der Waals surface area (Å²) in [6, 6.07) is 0. The largest absolute Gasteiger partial charge is 0.350 e. The average molecular weight is 117 g/mol. The van der Waals surface area contributed by atoms with Crippen LogP contribution in [0.25, 0.3) is 0 Å². The van der Waals surface area contributed by atoms with E-state index in [1.54, 1.807) is 0 Å². The van der Waals surface area contributed by atoms with Crippen molar-refractivity contribution in [2.24, 2.45) is 5.18 Å². The molecule has 0 aliphatic carbocycles. The lowest BCUT2D eigenvalue weighted by Crippen LogP contribution is -2.18. The summed E-state index contributed by atoms with van der Waals surface area (Å²) in [5, 5.41) is 2.55. The van der Waals surface area contributed by atoms with E-state index in [-0.39, 0.29) is 12.3 Å². The van der Waals surface area contributed by atoms with Crippen molar-refractivity contribution in [3.8, 4) is 0 Å². The second-order valence-electron chi connectivity index (χ2n) is 2.51. The van der Waals surface area contributed by atoms with Gasteiger partial charge < -0.3 is 4.74 Å². The summed E-state index contributed by atoms with van der Waals surface area (Å²) in [7, 11) is 0. The number of rotatable bonds is 2. The topological polar surface area (TPSA) is 38.7 Å². The molecule has 0 unspecified atom stereocenters. The van der Waals surface area contributed by atoms with Gasteiger partial charge in [0.25, 0.3) is 0 Å². The highest BCUT2D eigenvalue weighted by atomic mass is 16.5. The summed E-state index contributed by atoms with van der Waals surface area (Å²) in [6.07, 6.45) is 0. The first-order chi connectivity index (χ1) is 3.56. The minimum Gasteiger partial charge on any atom is -0.350 e. The van der Waals surface area contributed by atoms with Crippen LogP contribution in [0.3, 0.4) is 0 Å². The maximum atomic E-state index is 9.48. The highest BCUT2D eigenvalue weighted by Crippen LogP contribution is 2.05. The van der Waals surface area contributed by atoms with Crippen LogP contribution in [0.1, 0.15) is 20.8 Å². The van der Waals surface area contributed by atoms with Gasteiger partial charge in [-0.1, -0.05) is 0 Å². The summed E-state index contributed by atoms with van der Waals surface area (Å²) >= 11 is 0. The van der Waals surface area contributed by atoms with Crippen molar-refractivity contribution in [1.29, 1.82) is 0 Å². The molecule has 0 rings (SSSR count). The summed E-state index contributed by atoms with van der Waals surface area (Å²) in [6.45, 7) is 5.57. The molecule has 0 aliphatic rings. The molecule has 8 heavy (non-hydrogen) atoms. The molecule has 48 valence electrons. The van der Waals surface area contributed by atoms with Crippen LogP contribution in [0, 0.1) is 4.91 Å². The van der Waals surface area contributed by atoms with E-state index in [2.05, 4.69) is 5.18 Å². The van der Waals surface area contributed by atoms with E-state index in [0.717, 1.165) is 0 Å². The minimum absolute atomic E-state index is 0.0521. The van der Waals surface area contributed by atoms with Crippen LogP contribution >= 0.6 is 0 Å². The van der Waals surface area contributed by atoms with Gasteiger partial charge >= 0.3 is 0 Å². The van der Waals surface area contributed by atoms with Crippen LogP contribution in [-0.2, 0) is 4.74 Å². The van der Waals surface area contributed by atoms with E-state index in [1.165, 1.54) is 0 Å². The monoisotopic (exact) mass is 117 g/mol. The number of hydrogen-bond acceptors (Lipinski definition) is 3. The smallest absolute Gasteiger partial charge is 0.179 e. The van der Waals surface area contributed by atoms with Gasteiger partial charge in [-0.25, -0.2) is 0 Å². The first kappa shape index (κ1) is 7.56. The Kier molecular flexibility index (Phi) is 2.62. The van der Waals surface area contributed by atoms with E-state index in [9.17, 15) is 4.91 Å². The quantitative estimate of drug-likeness (QED) is 0.514. The fourth-order valence-electron chi connectivity index (χ4n) is 0.220. The molecule has 3 heteroatoms. The fraction of sp³-hybridized carbons (Fsp3) is 1.00. The van der Waals surface area contributed by atoms with Crippen LogP contribution in [0.4, 0.5) is 0 Å². The van der Waals surface area contributed by atoms with Gasteiger partial charge in [0, 0.05) is 0 Å². The second kappa shape index (κ2) is 2.77. The molecule has 0 heterocycles. The average Bonchev–Trinajstić information content (AvgIpc) is 1.59. The lowest BCUT2D eigenvalue weighted by molar-refractivity contribution is 0.00139. The molecule has 0 aromatic rings. The Morgan fingerprint density at radius 2 is 2.00 bits per heavy atom. The van der Waals surface area contributed by atoms with Crippen molar-refractivity contribution < 1.29 is 4.74 Å². The van der Waals surface area contributed by atoms with Crippen LogP contribution in [0.15, 0.2) is 5.18 Å². The van der Waals surface area contributed by atoms with Gasteiger partial charge in [-0.15, -0.1) is 4.91 Å². The Labute approximate surface area is 49.0 Å². The van der Waals surface area contributed by atoms with Gasteiger partial charge in [0.05, 0.1) is 5.60 Å². The van der Waals surface area contributed by atoms with E-state index in [1.807, 2.05) is 20.8 Å². The first-order valence-electron chi connectivity index (χ1n) is 2.49. The SMILES string of the molecule is CC(C)(C)OCN=O. The zero-order valence-corrected chi connectivity index (χ0v) is 5.47. The number of ether oxygens (including phenoxy) is 1. The zero-order valence-electron chi connectivity index (χ0n) is 5.47. The molecular weight excluding hydrogens is 106 g/mol. The maximum absolute atomic E-state index is 9.48. The molecule has 0 amide bonds. The summed E-state index contributed by atoms with van der Waals surface area (Å²) < 4.78 is 4.90. The first-order valence-corrected chi connectivity index (χ1v) is 2.49. The third kappa shape index (κ3) is 5.56. The standard InChI is InChI=1S/C5H11NO2/c1-5(2,3)8-4-6-7/h4H2,1-3H3. The molecule has 0 fully saturated rings. The van der Waals surface area contributed by atoms with Crippen LogP contribution < -0.4 is 0 Å². The van der Waals surface area contributed by atoms with Crippen LogP contribution in [-0.4, -0.2) is 12.3 Å². The van der Waals surface area contributed by atoms with Crippen molar-refractivity contribution in [1.82, 2.24) is 0 Å². The Morgan fingerprint density at radius 1 is 1.50 bits per heavy atom. The van der Waals surface area contributed by atoms with Gasteiger partial charge in [0.1, 0.15) is 0 Å². The van der Waals surface area contributed by atoms with E-state index >= 15 is 0 Å². The molecule has 0 atom stereocenters. The summed E-state index contributed by atoms with van der Waals surface area (Å²) in [5.41, 5.74) is -0.242. The second-order valence-corrected chi connectivity index (χ2v) is 2.51. The van der Waals surface area contributed by atoms with Crippen LogP contribution in [0.5, 0.6) is 0 Å². The molecular formula is C5H11NO2. The molecule has 3 nitrogen and oxygen atoms in total. The third-order valence-corrected chi connectivity index (χ3v) is 0.550. The maximum Gasteiger partial charge on any atom is 0.179 e. The lowest BCUT2D eigenvalue weighted by atomic mass is 10.2. The highest BCUT2D eigenvalue weighted by molar-refractivity contribution is 4.57. The van der Waals surface area contributed by atoms with Gasteiger partial charge in [-0.3, -0.25) is 0 Å². The van der Waals surface area contributed by atoms with Crippen molar-refractivity contribution >= 4 is 0 Å². The number of hydrogen-bond donors (Lipinski definition) is 0. The molecule has 0 saturated heterocycles. The Bertz CT molecular complexity index is 75.0. The van der Waals surface area contributed by atoms with E-state index in [4.69, 9.17) is 4.74 Å². The van der Waals surface area contributed by atoms with Gasteiger partial charge in [-0.05, 0) is 25.9 Å². The number of nitroso groups, excluding NO2 is 1. The Hall–Kier alpha value is -0.440. The van der Waals surface area contributed by atoms with Crippen molar-refractivity contribution in [2.75, 3.05) is 6.73 Å². The number of nitrogens with zero attached hydrogens (tertiary/aromatic N) is 1. The Balaban J connectivity index is 3.24. The third-order valence-electron chi connectivity index (χ3n) is 0.550. The molecule has 0 aliphatic heterocycles. The fourth-order valence-corrected chi connectivity index (χ4v) is 0.220. The van der Waals surface area contributed by atoms with Crippen LogP contribution in [0.2, 0.25) is 0 Å². The van der Waals surface area contributed by atoms with Crippen molar-refractivity contribution in [2.45, 2.75) is 26.4 Å². The molecule has 0 bridgehead atoms. The summed E-state index contributed by atoms with van der Waals surface area (Å²) in [4.78, 5) is 9.48. The zero-order chi connectivity index (χ0) is 6.62. The molecule has 0 spiro atoms. The molecule has 0 N–H and O–H groups in total. The van der Waals surface area contributed by atoms with Gasteiger partial charge in [0.2, 0.25) is 0 Å². The van der Waals surface area contributed by atoms with Gasteiger partial charge in [-0.2, -0.15) is 0 Å². The van der Waals surface area contributed by atoms with Gasteiger partial charge in [0.15, 0.2) is 6.73 Å². The molecule has 0 aromatic carbocycles. The van der Waals surface area contributed by atoms with E-state index < -0.39 is 0 Å². The lowest BCUT2D eigenvalue weighted by Gasteiger charge is -2.15. The highest BCUT2D eigenvalue weighted by Gasteiger charge is 2.08. The van der Waals surface area contributed by atoms with E-state index in [0.29, 0.717) is 0 Å².